The first-order valence-electron chi connectivity index (χ1n) is 5.47. The predicted molar refractivity (Wildman–Crippen MR) is 68.5 cm³/mol. The number of benzene rings is 1. The normalized spacial score (nSPS) is 12.8. The summed E-state index contributed by atoms with van der Waals surface area (Å²) in [4.78, 5) is 0. The van der Waals surface area contributed by atoms with Crippen LogP contribution >= 0.6 is 11.8 Å². The van der Waals surface area contributed by atoms with Crippen LogP contribution in [0.3, 0.4) is 0 Å². The summed E-state index contributed by atoms with van der Waals surface area (Å²) in [6, 6.07) is 6.28. The highest BCUT2D eigenvalue weighted by molar-refractivity contribution is 7.99. The average Bonchev–Trinajstić information content (AvgIpc) is 2.16. The van der Waals surface area contributed by atoms with E-state index < -0.39 is 0 Å². The Balaban J connectivity index is 2.60. The molecular weight excluding hydrogens is 204 g/mol. The average molecular weight is 224 g/mol. The van der Waals surface area contributed by atoms with Gasteiger partial charge in [0.25, 0.3) is 0 Å². The Morgan fingerprint density at radius 3 is 2.33 bits per heavy atom. The summed E-state index contributed by atoms with van der Waals surface area (Å²) in [6.07, 6.45) is 0.852. The zero-order chi connectivity index (χ0) is 11.3. The van der Waals surface area contributed by atoms with Crippen molar-refractivity contribution in [1.29, 1.82) is 0 Å². The quantitative estimate of drug-likeness (QED) is 0.773. The molecule has 0 bridgehead atoms. The van der Waals surface area contributed by atoms with Crippen LogP contribution in [0.4, 0.5) is 0 Å². The number of aliphatic hydroxyl groups excluding tert-OH is 1. The van der Waals surface area contributed by atoms with Crippen molar-refractivity contribution in [3.63, 3.8) is 0 Å². The molecule has 15 heavy (non-hydrogen) atoms. The van der Waals surface area contributed by atoms with Crippen molar-refractivity contribution in [1.82, 2.24) is 0 Å². The van der Waals surface area contributed by atoms with E-state index in [9.17, 15) is 5.11 Å². The van der Waals surface area contributed by atoms with Crippen molar-refractivity contribution in [3.05, 3.63) is 34.9 Å². The molecule has 0 saturated carbocycles. The van der Waals surface area contributed by atoms with Crippen molar-refractivity contribution in [3.8, 4) is 0 Å². The first-order chi connectivity index (χ1) is 7.13. The Kier molecular flexibility index (Phi) is 5.20. The fraction of sp³-hybridized carbons (Fsp3) is 0.538. The Hall–Kier alpha value is -0.470. The summed E-state index contributed by atoms with van der Waals surface area (Å²) in [5.41, 5.74) is 3.50. The van der Waals surface area contributed by atoms with Crippen LogP contribution in [0.15, 0.2) is 18.2 Å². The molecule has 1 unspecified atom stereocenters. The fourth-order valence-corrected chi connectivity index (χ4v) is 2.51. The summed E-state index contributed by atoms with van der Waals surface area (Å²) >= 11 is 1.82. The van der Waals surface area contributed by atoms with Gasteiger partial charge in [0.2, 0.25) is 0 Å². The Bertz CT molecular complexity index is 289. The van der Waals surface area contributed by atoms with Crippen LogP contribution in [0.2, 0.25) is 0 Å². The summed E-state index contributed by atoms with van der Waals surface area (Å²) in [6.45, 7) is 6.31. The highest BCUT2D eigenvalue weighted by Gasteiger charge is 2.07. The molecule has 1 aromatic carbocycles. The number of hydrogen-bond acceptors (Lipinski definition) is 2. The van der Waals surface area contributed by atoms with E-state index in [4.69, 9.17) is 0 Å². The molecule has 0 aliphatic carbocycles. The van der Waals surface area contributed by atoms with Gasteiger partial charge in [0.05, 0.1) is 6.10 Å². The van der Waals surface area contributed by atoms with Gasteiger partial charge in [0, 0.05) is 5.75 Å². The lowest BCUT2D eigenvalue weighted by Crippen LogP contribution is -2.02. The minimum Gasteiger partial charge on any atom is -0.388 e. The van der Waals surface area contributed by atoms with E-state index in [1.807, 2.05) is 11.8 Å². The van der Waals surface area contributed by atoms with Gasteiger partial charge in [-0.2, -0.15) is 11.8 Å². The fourth-order valence-electron chi connectivity index (χ4n) is 1.64. The largest absolute Gasteiger partial charge is 0.388 e. The van der Waals surface area contributed by atoms with Crippen molar-refractivity contribution in [2.24, 2.45) is 0 Å². The second-order valence-corrected chi connectivity index (χ2v) is 5.16. The third-order valence-electron chi connectivity index (χ3n) is 2.25. The van der Waals surface area contributed by atoms with Gasteiger partial charge in [-0.1, -0.05) is 36.2 Å². The van der Waals surface area contributed by atoms with Crippen LogP contribution in [0.25, 0.3) is 0 Å². The van der Waals surface area contributed by atoms with E-state index >= 15 is 0 Å². The van der Waals surface area contributed by atoms with E-state index in [1.54, 1.807) is 0 Å². The van der Waals surface area contributed by atoms with Crippen LogP contribution in [0.5, 0.6) is 0 Å². The first kappa shape index (κ1) is 12.6. The third kappa shape index (κ3) is 4.27. The van der Waals surface area contributed by atoms with Gasteiger partial charge in [-0.05, 0) is 31.6 Å². The Labute approximate surface area is 96.9 Å². The smallest absolute Gasteiger partial charge is 0.0880 e. The summed E-state index contributed by atoms with van der Waals surface area (Å²) in [7, 11) is 0. The molecule has 0 aliphatic rings. The molecule has 2 heteroatoms. The van der Waals surface area contributed by atoms with Crippen molar-refractivity contribution >= 4 is 11.8 Å². The maximum absolute atomic E-state index is 9.98. The maximum Gasteiger partial charge on any atom is 0.0880 e. The van der Waals surface area contributed by atoms with Gasteiger partial charge in [0.1, 0.15) is 0 Å². The molecular formula is C13H20OS. The monoisotopic (exact) mass is 224 g/mol. The van der Waals surface area contributed by atoms with Crippen molar-refractivity contribution in [2.45, 2.75) is 33.3 Å². The lowest BCUT2D eigenvalue weighted by molar-refractivity contribution is 0.204. The number of hydrogen-bond donors (Lipinski definition) is 1. The van der Waals surface area contributed by atoms with E-state index in [0.29, 0.717) is 0 Å². The van der Waals surface area contributed by atoms with E-state index in [-0.39, 0.29) is 6.10 Å². The van der Waals surface area contributed by atoms with Crippen LogP contribution in [0.1, 0.15) is 36.1 Å². The van der Waals surface area contributed by atoms with Gasteiger partial charge in [-0.3, -0.25) is 0 Å². The van der Waals surface area contributed by atoms with Gasteiger partial charge in [-0.25, -0.2) is 0 Å². The molecule has 84 valence electrons. The summed E-state index contributed by atoms with van der Waals surface area (Å²) in [5, 5.41) is 9.98. The van der Waals surface area contributed by atoms with E-state index in [2.05, 4.69) is 39.0 Å². The number of aliphatic hydroxyl groups is 1. The molecule has 0 radical (unpaired) electrons. The molecule has 0 aromatic heterocycles. The molecule has 0 amide bonds. The van der Waals surface area contributed by atoms with E-state index in [1.165, 1.54) is 17.5 Å². The minimum atomic E-state index is -0.319. The minimum absolute atomic E-state index is 0.319. The standard InChI is InChI=1S/C13H20OS/c1-4-5-15-9-13(14)12-7-10(2)6-11(3)8-12/h6-8,13-14H,4-5,9H2,1-3H3. The zero-order valence-electron chi connectivity index (χ0n) is 9.79. The van der Waals surface area contributed by atoms with Gasteiger partial charge in [0.15, 0.2) is 0 Å². The van der Waals surface area contributed by atoms with Crippen molar-refractivity contribution < 1.29 is 5.11 Å². The lowest BCUT2D eigenvalue weighted by Gasteiger charge is -2.12. The maximum atomic E-state index is 9.98. The summed E-state index contributed by atoms with van der Waals surface area (Å²) < 4.78 is 0. The van der Waals surface area contributed by atoms with E-state index in [0.717, 1.165) is 17.1 Å². The zero-order valence-corrected chi connectivity index (χ0v) is 10.6. The first-order valence-corrected chi connectivity index (χ1v) is 6.63. The topological polar surface area (TPSA) is 20.2 Å². The SMILES string of the molecule is CCCSCC(O)c1cc(C)cc(C)c1. The molecule has 0 spiro atoms. The third-order valence-corrected chi connectivity index (χ3v) is 3.50. The van der Waals surface area contributed by atoms with Crippen LogP contribution in [0, 0.1) is 13.8 Å². The molecule has 1 rings (SSSR count). The number of thioether (sulfide) groups is 1. The number of aryl methyl sites for hydroxylation is 2. The van der Waals surface area contributed by atoms with Gasteiger partial charge >= 0.3 is 0 Å². The second kappa shape index (κ2) is 6.19. The molecule has 1 atom stereocenters. The molecule has 1 nitrogen and oxygen atoms in total. The Morgan fingerprint density at radius 1 is 1.20 bits per heavy atom. The van der Waals surface area contributed by atoms with Crippen LogP contribution in [-0.4, -0.2) is 16.6 Å². The van der Waals surface area contributed by atoms with Gasteiger partial charge in [-0.15, -0.1) is 0 Å². The van der Waals surface area contributed by atoms with Crippen LogP contribution < -0.4 is 0 Å². The lowest BCUT2D eigenvalue weighted by atomic mass is 10.0. The predicted octanol–water partition coefficient (Wildman–Crippen LogP) is 3.48. The molecule has 1 N–H and O–H groups in total. The summed E-state index contributed by atoms with van der Waals surface area (Å²) in [5.74, 6) is 1.93. The highest BCUT2D eigenvalue weighted by Crippen LogP contribution is 2.21. The molecule has 0 saturated heterocycles. The van der Waals surface area contributed by atoms with Crippen LogP contribution in [-0.2, 0) is 0 Å². The highest BCUT2D eigenvalue weighted by atomic mass is 32.2. The van der Waals surface area contributed by atoms with Crippen molar-refractivity contribution in [2.75, 3.05) is 11.5 Å². The second-order valence-electron chi connectivity index (χ2n) is 4.01. The van der Waals surface area contributed by atoms with Gasteiger partial charge < -0.3 is 5.11 Å². The number of rotatable bonds is 5. The molecule has 0 aliphatic heterocycles. The molecule has 1 aromatic rings. The molecule has 0 fully saturated rings. The molecule has 0 heterocycles. The Morgan fingerprint density at radius 2 is 1.80 bits per heavy atom.